The molecule has 0 saturated carbocycles. The Labute approximate surface area is 142 Å². The standard InChI is InChI=1S/C15H27N5O2S/c1-4-13-10-19(6-7-20(13)8-9-22-5-2)11-14(21)16-15-18-17-12(3)23-15/h13H,4-11H2,1-3H3,(H,16,18,21)/t13-/m0/s1. The molecule has 0 radical (unpaired) electrons. The maximum Gasteiger partial charge on any atom is 0.240 e. The largest absolute Gasteiger partial charge is 0.380 e. The van der Waals surface area contributed by atoms with Crippen LogP contribution in [0, 0.1) is 6.92 Å². The molecule has 1 N–H and O–H groups in total. The highest BCUT2D eigenvalue weighted by molar-refractivity contribution is 7.15. The van der Waals surface area contributed by atoms with Gasteiger partial charge in [-0.3, -0.25) is 19.9 Å². The number of hydrogen-bond acceptors (Lipinski definition) is 7. The fourth-order valence-corrected chi connectivity index (χ4v) is 3.43. The number of hydrogen-bond donors (Lipinski definition) is 1. The Balaban J connectivity index is 1.77. The maximum atomic E-state index is 12.1. The van der Waals surface area contributed by atoms with Gasteiger partial charge in [0.1, 0.15) is 5.01 Å². The van der Waals surface area contributed by atoms with Gasteiger partial charge in [-0.05, 0) is 20.3 Å². The number of carbonyl (C=O) groups excluding carboxylic acids is 1. The van der Waals surface area contributed by atoms with Crippen molar-refractivity contribution < 1.29 is 9.53 Å². The van der Waals surface area contributed by atoms with Gasteiger partial charge >= 0.3 is 0 Å². The van der Waals surface area contributed by atoms with Crippen molar-refractivity contribution in [2.75, 3.05) is 51.3 Å². The second-order valence-electron chi connectivity index (χ2n) is 5.70. The van der Waals surface area contributed by atoms with Gasteiger partial charge in [0, 0.05) is 38.8 Å². The molecule has 23 heavy (non-hydrogen) atoms. The Morgan fingerprint density at radius 1 is 1.39 bits per heavy atom. The van der Waals surface area contributed by atoms with Gasteiger partial charge in [-0.15, -0.1) is 10.2 Å². The lowest BCUT2D eigenvalue weighted by Gasteiger charge is -2.40. The molecule has 0 bridgehead atoms. The van der Waals surface area contributed by atoms with Crippen LogP contribution in [0.25, 0.3) is 0 Å². The van der Waals surface area contributed by atoms with E-state index in [9.17, 15) is 4.79 Å². The van der Waals surface area contributed by atoms with E-state index in [4.69, 9.17) is 4.74 Å². The highest BCUT2D eigenvalue weighted by atomic mass is 32.1. The number of rotatable bonds is 8. The molecular weight excluding hydrogens is 314 g/mol. The van der Waals surface area contributed by atoms with Gasteiger partial charge < -0.3 is 4.74 Å². The molecule has 2 rings (SSSR count). The smallest absolute Gasteiger partial charge is 0.240 e. The molecule has 0 aliphatic carbocycles. The van der Waals surface area contributed by atoms with E-state index >= 15 is 0 Å². The van der Waals surface area contributed by atoms with Crippen molar-refractivity contribution in [3.8, 4) is 0 Å². The van der Waals surface area contributed by atoms with Crippen LogP contribution in [0.4, 0.5) is 5.13 Å². The van der Waals surface area contributed by atoms with E-state index in [-0.39, 0.29) is 5.91 Å². The van der Waals surface area contributed by atoms with Crippen molar-refractivity contribution in [1.82, 2.24) is 20.0 Å². The second kappa shape index (κ2) is 9.27. The summed E-state index contributed by atoms with van der Waals surface area (Å²) in [6.45, 7) is 11.8. The van der Waals surface area contributed by atoms with E-state index < -0.39 is 0 Å². The summed E-state index contributed by atoms with van der Waals surface area (Å²) in [6.07, 6.45) is 1.08. The lowest BCUT2D eigenvalue weighted by Crippen LogP contribution is -2.54. The molecule has 1 aromatic rings. The van der Waals surface area contributed by atoms with Gasteiger partial charge in [-0.1, -0.05) is 18.3 Å². The molecule has 2 heterocycles. The van der Waals surface area contributed by atoms with Crippen molar-refractivity contribution in [3.05, 3.63) is 5.01 Å². The molecule has 7 nitrogen and oxygen atoms in total. The number of nitrogens with zero attached hydrogens (tertiary/aromatic N) is 4. The van der Waals surface area contributed by atoms with Gasteiger partial charge in [-0.25, -0.2) is 0 Å². The van der Waals surface area contributed by atoms with Crippen LogP contribution in [0.2, 0.25) is 0 Å². The van der Waals surface area contributed by atoms with E-state index in [1.807, 2.05) is 13.8 Å². The molecule has 1 amide bonds. The summed E-state index contributed by atoms with van der Waals surface area (Å²) < 4.78 is 5.46. The molecule has 0 aromatic carbocycles. The zero-order valence-corrected chi connectivity index (χ0v) is 15.1. The first-order valence-corrected chi connectivity index (χ1v) is 9.08. The Morgan fingerprint density at radius 2 is 2.22 bits per heavy atom. The van der Waals surface area contributed by atoms with Gasteiger partial charge in [0.05, 0.1) is 13.2 Å². The first kappa shape index (κ1) is 18.3. The quantitative estimate of drug-likeness (QED) is 0.717. The topological polar surface area (TPSA) is 70.6 Å². The summed E-state index contributed by atoms with van der Waals surface area (Å²) in [7, 11) is 0. The summed E-state index contributed by atoms with van der Waals surface area (Å²) in [6, 6.07) is 0.487. The van der Waals surface area contributed by atoms with Crippen LogP contribution in [0.1, 0.15) is 25.3 Å². The van der Waals surface area contributed by atoms with Crippen LogP contribution in [-0.2, 0) is 9.53 Å². The molecule has 0 unspecified atom stereocenters. The monoisotopic (exact) mass is 341 g/mol. The van der Waals surface area contributed by atoms with Crippen molar-refractivity contribution in [2.45, 2.75) is 33.2 Å². The SMILES string of the molecule is CCOCCN1CCN(CC(=O)Nc2nnc(C)s2)C[C@@H]1CC. The molecular formula is C15H27N5O2S. The number of amides is 1. The Bertz CT molecular complexity index is 496. The van der Waals surface area contributed by atoms with Gasteiger partial charge in [0.25, 0.3) is 0 Å². The third kappa shape index (κ3) is 5.80. The average Bonchev–Trinajstić information content (AvgIpc) is 2.93. The van der Waals surface area contributed by atoms with Crippen LogP contribution < -0.4 is 5.32 Å². The fourth-order valence-electron chi connectivity index (χ4n) is 2.82. The molecule has 1 aliphatic heterocycles. The zero-order valence-electron chi connectivity index (χ0n) is 14.2. The predicted octanol–water partition coefficient (Wildman–Crippen LogP) is 1.22. The Hall–Kier alpha value is -1.09. The third-order valence-electron chi connectivity index (χ3n) is 4.03. The molecule has 1 aliphatic rings. The van der Waals surface area contributed by atoms with Crippen molar-refractivity contribution >= 4 is 22.4 Å². The summed E-state index contributed by atoms with van der Waals surface area (Å²) in [5.74, 6) is -0.0150. The van der Waals surface area contributed by atoms with E-state index in [2.05, 4.69) is 32.2 Å². The normalized spacial score (nSPS) is 19.9. The molecule has 1 saturated heterocycles. The number of carbonyl (C=O) groups is 1. The highest BCUT2D eigenvalue weighted by Gasteiger charge is 2.26. The van der Waals surface area contributed by atoms with E-state index in [1.54, 1.807) is 0 Å². The van der Waals surface area contributed by atoms with Crippen molar-refractivity contribution in [1.29, 1.82) is 0 Å². The molecule has 1 atom stereocenters. The number of aromatic nitrogens is 2. The molecule has 8 heteroatoms. The van der Waals surface area contributed by atoms with Gasteiger partial charge in [-0.2, -0.15) is 0 Å². The van der Waals surface area contributed by atoms with Gasteiger partial charge in [0.2, 0.25) is 11.0 Å². The summed E-state index contributed by atoms with van der Waals surface area (Å²) >= 11 is 1.40. The number of ether oxygens (including phenoxy) is 1. The zero-order chi connectivity index (χ0) is 16.7. The lowest BCUT2D eigenvalue weighted by atomic mass is 10.1. The van der Waals surface area contributed by atoms with Crippen molar-refractivity contribution in [2.24, 2.45) is 0 Å². The molecule has 0 spiro atoms. The number of nitrogens with one attached hydrogen (secondary N) is 1. The van der Waals surface area contributed by atoms with Crippen LogP contribution in [0.5, 0.6) is 0 Å². The summed E-state index contributed by atoms with van der Waals surface area (Å²) in [5, 5.41) is 12.1. The number of piperazine rings is 1. The van der Waals surface area contributed by atoms with Crippen molar-refractivity contribution in [3.63, 3.8) is 0 Å². The van der Waals surface area contributed by atoms with Crippen LogP contribution in [0.15, 0.2) is 0 Å². The molecule has 1 aromatic heterocycles. The number of anilines is 1. The minimum Gasteiger partial charge on any atom is -0.380 e. The highest BCUT2D eigenvalue weighted by Crippen LogP contribution is 2.15. The Morgan fingerprint density at radius 3 is 2.87 bits per heavy atom. The molecule has 130 valence electrons. The first-order chi connectivity index (χ1) is 11.1. The van der Waals surface area contributed by atoms with Crippen LogP contribution in [0.3, 0.4) is 0 Å². The lowest BCUT2D eigenvalue weighted by molar-refractivity contribution is -0.118. The summed E-state index contributed by atoms with van der Waals surface area (Å²) in [5.41, 5.74) is 0. The first-order valence-electron chi connectivity index (χ1n) is 8.26. The van der Waals surface area contributed by atoms with Crippen LogP contribution in [-0.4, -0.2) is 77.9 Å². The van der Waals surface area contributed by atoms with E-state index in [0.29, 0.717) is 17.7 Å². The second-order valence-corrected chi connectivity index (χ2v) is 6.89. The van der Waals surface area contributed by atoms with E-state index in [1.165, 1.54) is 11.3 Å². The number of aryl methyl sites for hydroxylation is 1. The summed E-state index contributed by atoms with van der Waals surface area (Å²) in [4.78, 5) is 16.8. The Kier molecular flexibility index (Phi) is 7.35. The van der Waals surface area contributed by atoms with Crippen LogP contribution >= 0.6 is 11.3 Å². The fraction of sp³-hybridized carbons (Fsp3) is 0.800. The third-order valence-corrected chi connectivity index (χ3v) is 4.78. The minimum absolute atomic E-state index is 0.0150. The van der Waals surface area contributed by atoms with Gasteiger partial charge in [0.15, 0.2) is 0 Å². The molecule has 1 fully saturated rings. The van der Waals surface area contributed by atoms with E-state index in [0.717, 1.165) is 50.8 Å². The predicted molar refractivity (Wildman–Crippen MR) is 91.9 cm³/mol. The minimum atomic E-state index is -0.0150. The maximum absolute atomic E-state index is 12.1. The average molecular weight is 341 g/mol.